The van der Waals surface area contributed by atoms with Crippen molar-refractivity contribution in [1.29, 1.82) is 0 Å². The summed E-state index contributed by atoms with van der Waals surface area (Å²) in [6.45, 7) is 9.08. The van der Waals surface area contributed by atoms with Crippen molar-refractivity contribution in [3.8, 4) is 0 Å². The highest BCUT2D eigenvalue weighted by Gasteiger charge is 2.07. The predicted molar refractivity (Wildman–Crippen MR) is 95.4 cm³/mol. The molecular formula is C17H25ClN4O. The van der Waals surface area contributed by atoms with Crippen molar-refractivity contribution in [2.75, 3.05) is 19.6 Å². The van der Waals surface area contributed by atoms with E-state index in [1.807, 2.05) is 49.7 Å². The summed E-state index contributed by atoms with van der Waals surface area (Å²) in [7, 11) is 0. The molecule has 5 nitrogen and oxygen atoms in total. The topological polar surface area (TPSA) is 58.9 Å². The van der Waals surface area contributed by atoms with Crippen LogP contribution in [0.2, 0.25) is 0 Å². The minimum absolute atomic E-state index is 0. The molecule has 126 valence electrons. The summed E-state index contributed by atoms with van der Waals surface area (Å²) < 4.78 is 1.96. The minimum atomic E-state index is -0.0341. The molecule has 2 N–H and O–H groups in total. The zero-order chi connectivity index (χ0) is 15.9. The van der Waals surface area contributed by atoms with Crippen molar-refractivity contribution in [1.82, 2.24) is 20.4 Å². The van der Waals surface area contributed by atoms with Crippen LogP contribution in [-0.2, 0) is 6.54 Å². The molecule has 0 aliphatic carbocycles. The highest BCUT2D eigenvalue weighted by atomic mass is 35.5. The van der Waals surface area contributed by atoms with Gasteiger partial charge in [0, 0.05) is 24.3 Å². The lowest BCUT2D eigenvalue weighted by Gasteiger charge is -2.08. The van der Waals surface area contributed by atoms with Gasteiger partial charge in [-0.15, -0.1) is 12.4 Å². The minimum Gasteiger partial charge on any atom is -0.351 e. The number of amides is 1. The zero-order valence-corrected chi connectivity index (χ0v) is 14.7. The van der Waals surface area contributed by atoms with Gasteiger partial charge in [0.05, 0.1) is 12.2 Å². The second kappa shape index (κ2) is 9.33. The Morgan fingerprint density at radius 2 is 2.00 bits per heavy atom. The molecule has 0 spiro atoms. The van der Waals surface area contributed by atoms with Crippen molar-refractivity contribution in [3.63, 3.8) is 0 Å². The number of carbonyl (C=O) groups excluding carboxylic acids is 1. The molecule has 0 saturated heterocycles. The first-order valence-electron chi connectivity index (χ1n) is 7.69. The maximum atomic E-state index is 12.1. The van der Waals surface area contributed by atoms with E-state index in [9.17, 15) is 4.79 Å². The maximum absolute atomic E-state index is 12.1. The Morgan fingerprint density at radius 3 is 2.65 bits per heavy atom. The number of hydrogen-bond donors (Lipinski definition) is 2. The summed E-state index contributed by atoms with van der Waals surface area (Å²) >= 11 is 0. The van der Waals surface area contributed by atoms with Gasteiger partial charge < -0.3 is 10.6 Å². The first-order chi connectivity index (χ1) is 10.6. The second-order valence-corrected chi connectivity index (χ2v) is 5.39. The van der Waals surface area contributed by atoms with Gasteiger partial charge in [0.2, 0.25) is 0 Å². The quantitative estimate of drug-likeness (QED) is 0.763. The molecule has 0 saturated carbocycles. The second-order valence-electron chi connectivity index (χ2n) is 5.39. The Kier molecular flexibility index (Phi) is 7.78. The molecule has 2 aromatic rings. The van der Waals surface area contributed by atoms with Crippen LogP contribution in [-0.4, -0.2) is 35.3 Å². The SMILES string of the molecule is CCNCCNC(=O)c1cccc(Cn2nc(C)cc2C)c1.Cl. The van der Waals surface area contributed by atoms with Crippen LogP contribution in [0.15, 0.2) is 30.3 Å². The van der Waals surface area contributed by atoms with Gasteiger partial charge in [-0.1, -0.05) is 19.1 Å². The molecule has 1 amide bonds. The summed E-state index contributed by atoms with van der Waals surface area (Å²) in [4.78, 5) is 12.1. The molecule has 1 aromatic heterocycles. The van der Waals surface area contributed by atoms with Crippen LogP contribution in [0.25, 0.3) is 0 Å². The van der Waals surface area contributed by atoms with E-state index in [-0.39, 0.29) is 18.3 Å². The molecule has 0 atom stereocenters. The molecule has 0 bridgehead atoms. The van der Waals surface area contributed by atoms with Crippen molar-refractivity contribution in [2.24, 2.45) is 0 Å². The molecule has 1 heterocycles. The zero-order valence-electron chi connectivity index (χ0n) is 13.9. The summed E-state index contributed by atoms with van der Waals surface area (Å²) in [5.41, 5.74) is 3.90. The molecule has 0 aliphatic rings. The number of hydrogen-bond acceptors (Lipinski definition) is 3. The lowest BCUT2D eigenvalue weighted by molar-refractivity contribution is 0.0954. The summed E-state index contributed by atoms with van der Waals surface area (Å²) in [6.07, 6.45) is 0. The van der Waals surface area contributed by atoms with Crippen LogP contribution >= 0.6 is 12.4 Å². The van der Waals surface area contributed by atoms with Crippen LogP contribution in [0, 0.1) is 13.8 Å². The van der Waals surface area contributed by atoms with Gasteiger partial charge in [-0.2, -0.15) is 5.10 Å². The number of carbonyl (C=O) groups is 1. The van der Waals surface area contributed by atoms with Gasteiger partial charge in [0.25, 0.3) is 5.91 Å². The highest BCUT2D eigenvalue weighted by Crippen LogP contribution is 2.10. The highest BCUT2D eigenvalue weighted by molar-refractivity contribution is 5.94. The van der Waals surface area contributed by atoms with E-state index in [1.54, 1.807) is 0 Å². The van der Waals surface area contributed by atoms with Crippen molar-refractivity contribution < 1.29 is 4.79 Å². The number of nitrogens with zero attached hydrogens (tertiary/aromatic N) is 2. The number of rotatable bonds is 7. The normalized spacial score (nSPS) is 10.2. The molecule has 2 rings (SSSR count). The van der Waals surface area contributed by atoms with Crippen LogP contribution in [0.5, 0.6) is 0 Å². The summed E-state index contributed by atoms with van der Waals surface area (Å²) in [5.74, 6) is -0.0341. The van der Waals surface area contributed by atoms with E-state index in [4.69, 9.17) is 0 Å². The van der Waals surface area contributed by atoms with E-state index >= 15 is 0 Å². The van der Waals surface area contributed by atoms with E-state index in [0.29, 0.717) is 18.7 Å². The molecule has 1 aromatic carbocycles. The van der Waals surface area contributed by atoms with Crippen LogP contribution < -0.4 is 10.6 Å². The Balaban J connectivity index is 0.00000264. The van der Waals surface area contributed by atoms with Gasteiger partial charge in [0.15, 0.2) is 0 Å². The van der Waals surface area contributed by atoms with E-state index in [2.05, 4.69) is 21.8 Å². The summed E-state index contributed by atoms with van der Waals surface area (Å²) in [6, 6.07) is 9.76. The third kappa shape index (κ3) is 5.69. The third-order valence-electron chi connectivity index (χ3n) is 3.46. The fourth-order valence-electron chi connectivity index (χ4n) is 2.36. The van der Waals surface area contributed by atoms with E-state index < -0.39 is 0 Å². The lowest BCUT2D eigenvalue weighted by atomic mass is 10.1. The van der Waals surface area contributed by atoms with Gasteiger partial charge in [0.1, 0.15) is 0 Å². The monoisotopic (exact) mass is 336 g/mol. The third-order valence-corrected chi connectivity index (χ3v) is 3.46. The van der Waals surface area contributed by atoms with Crippen molar-refractivity contribution in [3.05, 3.63) is 52.8 Å². The molecule has 6 heteroatoms. The van der Waals surface area contributed by atoms with Gasteiger partial charge in [-0.25, -0.2) is 0 Å². The molecule has 0 radical (unpaired) electrons. The van der Waals surface area contributed by atoms with Crippen molar-refractivity contribution >= 4 is 18.3 Å². The molecule has 0 aliphatic heterocycles. The van der Waals surface area contributed by atoms with Crippen LogP contribution in [0.1, 0.15) is 34.2 Å². The van der Waals surface area contributed by atoms with Gasteiger partial charge in [-0.3, -0.25) is 9.48 Å². The van der Waals surface area contributed by atoms with E-state index in [0.717, 1.165) is 30.0 Å². The number of benzene rings is 1. The van der Waals surface area contributed by atoms with Gasteiger partial charge in [-0.05, 0) is 44.2 Å². The fourth-order valence-corrected chi connectivity index (χ4v) is 2.36. The standard InChI is InChI=1S/C17H24N4O.ClH/c1-4-18-8-9-19-17(22)16-7-5-6-15(11-16)12-21-14(3)10-13(2)20-21;/h5-7,10-11,18H,4,8-9,12H2,1-3H3,(H,19,22);1H. The average Bonchev–Trinajstić information content (AvgIpc) is 2.81. The smallest absolute Gasteiger partial charge is 0.251 e. The Hall–Kier alpha value is -1.85. The van der Waals surface area contributed by atoms with Crippen molar-refractivity contribution in [2.45, 2.75) is 27.3 Å². The molecule has 0 unspecified atom stereocenters. The van der Waals surface area contributed by atoms with Crippen LogP contribution in [0.4, 0.5) is 0 Å². The fraction of sp³-hybridized carbons (Fsp3) is 0.412. The molecule has 0 fully saturated rings. The average molecular weight is 337 g/mol. The van der Waals surface area contributed by atoms with E-state index in [1.165, 1.54) is 0 Å². The Morgan fingerprint density at radius 1 is 1.22 bits per heavy atom. The number of halogens is 1. The number of likely N-dealkylation sites (N-methyl/N-ethyl adjacent to an activating group) is 1. The van der Waals surface area contributed by atoms with Crippen LogP contribution in [0.3, 0.4) is 0 Å². The first-order valence-corrected chi connectivity index (χ1v) is 7.69. The summed E-state index contributed by atoms with van der Waals surface area (Å²) in [5, 5.41) is 10.6. The number of aromatic nitrogens is 2. The molecular weight excluding hydrogens is 312 g/mol. The predicted octanol–water partition coefficient (Wildman–Crippen LogP) is 2.31. The number of aryl methyl sites for hydroxylation is 2. The van der Waals surface area contributed by atoms with Gasteiger partial charge >= 0.3 is 0 Å². The first kappa shape index (κ1) is 19.2. The largest absolute Gasteiger partial charge is 0.351 e. The maximum Gasteiger partial charge on any atom is 0.251 e. The molecule has 23 heavy (non-hydrogen) atoms. The Bertz CT molecular complexity index is 639. The Labute approximate surface area is 143 Å². The number of nitrogens with one attached hydrogen (secondary N) is 2. The lowest BCUT2D eigenvalue weighted by Crippen LogP contribution is -2.31.